The summed E-state index contributed by atoms with van der Waals surface area (Å²) >= 11 is 0. The van der Waals surface area contributed by atoms with Crippen molar-refractivity contribution in [3.8, 4) is 0 Å². The lowest BCUT2D eigenvalue weighted by Gasteiger charge is -2.09. The van der Waals surface area contributed by atoms with Crippen LogP contribution in [0.15, 0.2) is 65.2 Å². The summed E-state index contributed by atoms with van der Waals surface area (Å²) in [6.07, 6.45) is 10.7. The predicted octanol–water partition coefficient (Wildman–Crippen LogP) is 7.65. The molecule has 0 saturated heterocycles. The number of hydrogen-bond acceptors (Lipinski definition) is 3. The minimum atomic E-state index is -0.306. The van der Waals surface area contributed by atoms with Crippen molar-refractivity contribution in [2.75, 3.05) is 6.61 Å². The highest BCUT2D eigenvalue weighted by Gasteiger charge is 2.12. The van der Waals surface area contributed by atoms with Crippen LogP contribution < -0.4 is 0 Å². The number of ether oxygens (including phenoxy) is 1. The highest BCUT2D eigenvalue weighted by atomic mass is 16.5. The molecule has 0 aliphatic heterocycles. The molecule has 0 N–H and O–H groups in total. The van der Waals surface area contributed by atoms with Crippen molar-refractivity contribution >= 4 is 23.9 Å². The summed E-state index contributed by atoms with van der Waals surface area (Å²) in [5.74, 6) is 0.199. The first kappa shape index (κ1) is 23.6. The van der Waals surface area contributed by atoms with Gasteiger partial charge in [-0.25, -0.2) is 4.79 Å². The minimum absolute atomic E-state index is 0.306. The van der Waals surface area contributed by atoms with Crippen molar-refractivity contribution in [3.05, 3.63) is 71.3 Å². The number of aliphatic imine (C=N–C) groups is 1. The van der Waals surface area contributed by atoms with Gasteiger partial charge in [0, 0.05) is 6.21 Å². The van der Waals surface area contributed by atoms with E-state index in [1.807, 2.05) is 42.6 Å². The van der Waals surface area contributed by atoms with Crippen molar-refractivity contribution in [2.45, 2.75) is 59.3 Å². The molecule has 0 fully saturated rings. The molecule has 30 heavy (non-hydrogen) atoms. The fraction of sp³-hybridized carbons (Fsp3) is 0.407. The van der Waals surface area contributed by atoms with Gasteiger partial charge in [-0.2, -0.15) is 0 Å². The second-order valence-corrected chi connectivity index (χ2v) is 8.03. The Balaban J connectivity index is 2.16. The lowest BCUT2D eigenvalue weighted by Crippen LogP contribution is -2.08. The molecule has 0 atom stereocenters. The molecular weight excluding hydrogens is 370 g/mol. The third-order valence-electron chi connectivity index (χ3n) is 4.89. The Labute approximate surface area is 181 Å². The molecule has 0 heterocycles. The maximum absolute atomic E-state index is 12.5. The molecule has 0 aliphatic rings. The lowest BCUT2D eigenvalue weighted by atomic mass is 10.0. The topological polar surface area (TPSA) is 38.7 Å². The van der Waals surface area contributed by atoms with Crippen LogP contribution in [0, 0.1) is 5.92 Å². The van der Waals surface area contributed by atoms with E-state index in [1.54, 1.807) is 6.07 Å². The van der Waals surface area contributed by atoms with Gasteiger partial charge in [0.2, 0.25) is 0 Å². The zero-order valence-corrected chi connectivity index (χ0v) is 18.6. The lowest BCUT2D eigenvalue weighted by molar-refractivity contribution is 0.0489. The first-order chi connectivity index (χ1) is 14.6. The first-order valence-corrected chi connectivity index (χ1v) is 11.2. The van der Waals surface area contributed by atoms with Gasteiger partial charge >= 0.3 is 5.97 Å². The van der Waals surface area contributed by atoms with Crippen molar-refractivity contribution in [3.63, 3.8) is 0 Å². The molecule has 160 valence electrons. The number of allylic oxidation sites excluding steroid dienone is 1. The van der Waals surface area contributed by atoms with Crippen LogP contribution in [0.2, 0.25) is 0 Å². The van der Waals surface area contributed by atoms with Gasteiger partial charge in [-0.15, -0.1) is 0 Å². The standard InChI is InChI=1S/C27H35NO2/c1-4-5-6-8-15-24(20-23-13-9-7-10-14-23)21-28-26-17-12-11-16-25(26)27(29)30-19-18-22(2)3/h7,9-14,16-17,20-22H,4-6,8,15,18-19H2,1-3H3. The van der Waals surface area contributed by atoms with Gasteiger partial charge in [0.25, 0.3) is 0 Å². The summed E-state index contributed by atoms with van der Waals surface area (Å²) in [5, 5.41) is 0. The van der Waals surface area contributed by atoms with E-state index in [1.165, 1.54) is 24.8 Å². The van der Waals surface area contributed by atoms with Crippen LogP contribution in [0.4, 0.5) is 5.69 Å². The van der Waals surface area contributed by atoms with Gasteiger partial charge in [-0.1, -0.05) is 88.6 Å². The van der Waals surface area contributed by atoms with Gasteiger partial charge < -0.3 is 4.74 Å². The summed E-state index contributed by atoms with van der Waals surface area (Å²) in [6.45, 7) is 6.89. The molecule has 0 bridgehead atoms. The van der Waals surface area contributed by atoms with Crippen LogP contribution in [0.5, 0.6) is 0 Å². The Bertz CT molecular complexity index is 822. The molecule has 2 aromatic carbocycles. The number of carbonyl (C=O) groups excluding carboxylic acids is 1. The number of hydrogen-bond donors (Lipinski definition) is 0. The predicted molar refractivity (Wildman–Crippen MR) is 128 cm³/mol. The Morgan fingerprint density at radius 2 is 1.73 bits per heavy atom. The Morgan fingerprint density at radius 3 is 2.47 bits per heavy atom. The fourth-order valence-electron chi connectivity index (χ4n) is 3.07. The van der Waals surface area contributed by atoms with Crippen molar-refractivity contribution in [1.82, 2.24) is 0 Å². The van der Waals surface area contributed by atoms with E-state index >= 15 is 0 Å². The summed E-state index contributed by atoms with van der Waals surface area (Å²) in [4.78, 5) is 17.2. The molecule has 2 rings (SSSR count). The largest absolute Gasteiger partial charge is 0.462 e. The number of benzene rings is 2. The van der Waals surface area contributed by atoms with Crippen LogP contribution in [-0.4, -0.2) is 18.8 Å². The SMILES string of the molecule is CCCCCCC(C=Nc1ccccc1C(=O)OCCC(C)C)=Cc1ccccc1. The molecule has 0 saturated carbocycles. The highest BCUT2D eigenvalue weighted by Crippen LogP contribution is 2.21. The van der Waals surface area contributed by atoms with Crippen LogP contribution in [0.3, 0.4) is 0 Å². The van der Waals surface area contributed by atoms with Gasteiger partial charge in [-0.3, -0.25) is 4.99 Å². The summed E-state index contributed by atoms with van der Waals surface area (Å²) < 4.78 is 5.45. The molecule has 0 radical (unpaired) electrons. The van der Waals surface area contributed by atoms with Crippen LogP contribution >= 0.6 is 0 Å². The Morgan fingerprint density at radius 1 is 1.00 bits per heavy atom. The van der Waals surface area contributed by atoms with E-state index in [-0.39, 0.29) is 5.97 Å². The van der Waals surface area contributed by atoms with Gasteiger partial charge in [0.05, 0.1) is 17.9 Å². The van der Waals surface area contributed by atoms with Crippen LogP contribution in [-0.2, 0) is 4.74 Å². The number of esters is 1. The second-order valence-electron chi connectivity index (χ2n) is 8.03. The van der Waals surface area contributed by atoms with Crippen LogP contribution in [0.25, 0.3) is 6.08 Å². The number of nitrogens with zero attached hydrogens (tertiary/aromatic N) is 1. The molecule has 3 nitrogen and oxygen atoms in total. The average Bonchev–Trinajstić information content (AvgIpc) is 2.75. The number of rotatable bonds is 12. The summed E-state index contributed by atoms with van der Waals surface area (Å²) in [6, 6.07) is 17.7. The molecular formula is C27H35NO2. The third-order valence-corrected chi connectivity index (χ3v) is 4.89. The van der Waals surface area contributed by atoms with E-state index in [9.17, 15) is 4.79 Å². The zero-order chi connectivity index (χ0) is 21.6. The number of carbonyl (C=O) groups is 1. The monoisotopic (exact) mass is 405 g/mol. The molecule has 0 unspecified atom stereocenters. The molecule has 0 aliphatic carbocycles. The van der Waals surface area contributed by atoms with Crippen molar-refractivity contribution < 1.29 is 9.53 Å². The van der Waals surface area contributed by atoms with E-state index < -0.39 is 0 Å². The van der Waals surface area contributed by atoms with E-state index in [0.717, 1.165) is 24.8 Å². The van der Waals surface area contributed by atoms with Crippen LogP contribution in [0.1, 0.15) is 75.2 Å². The van der Waals surface area contributed by atoms with Gasteiger partial charge in [0.15, 0.2) is 0 Å². The molecule has 0 amide bonds. The minimum Gasteiger partial charge on any atom is -0.462 e. The first-order valence-electron chi connectivity index (χ1n) is 11.2. The summed E-state index contributed by atoms with van der Waals surface area (Å²) in [7, 11) is 0. The zero-order valence-electron chi connectivity index (χ0n) is 18.6. The maximum Gasteiger partial charge on any atom is 0.340 e. The third kappa shape index (κ3) is 8.77. The van der Waals surface area contributed by atoms with Gasteiger partial charge in [-0.05, 0) is 48.4 Å². The summed E-state index contributed by atoms with van der Waals surface area (Å²) in [5.41, 5.74) is 3.50. The highest BCUT2D eigenvalue weighted by molar-refractivity contribution is 5.96. The second kappa shape index (κ2) is 13.5. The smallest absolute Gasteiger partial charge is 0.340 e. The average molecular weight is 406 g/mol. The Kier molecular flexibility index (Phi) is 10.6. The molecule has 0 aromatic heterocycles. The molecule has 0 spiro atoms. The van der Waals surface area contributed by atoms with Crippen molar-refractivity contribution in [2.24, 2.45) is 10.9 Å². The Hall–Kier alpha value is -2.68. The van der Waals surface area contributed by atoms with Crippen molar-refractivity contribution in [1.29, 1.82) is 0 Å². The maximum atomic E-state index is 12.5. The van der Waals surface area contributed by atoms with Gasteiger partial charge in [0.1, 0.15) is 0 Å². The normalized spacial score (nSPS) is 11.9. The van der Waals surface area contributed by atoms with E-state index in [4.69, 9.17) is 4.74 Å². The quantitative estimate of drug-likeness (QED) is 0.207. The van der Waals surface area contributed by atoms with E-state index in [2.05, 4.69) is 44.0 Å². The van der Waals surface area contributed by atoms with E-state index in [0.29, 0.717) is 23.8 Å². The number of para-hydroxylation sites is 1. The molecule has 3 heteroatoms. The number of unbranched alkanes of at least 4 members (excludes halogenated alkanes) is 3. The molecule has 2 aromatic rings. The fourth-order valence-corrected chi connectivity index (χ4v) is 3.07.